The summed E-state index contributed by atoms with van der Waals surface area (Å²) in [4.78, 5) is 13.5. The van der Waals surface area contributed by atoms with Crippen LogP contribution in [0.3, 0.4) is 0 Å². The van der Waals surface area contributed by atoms with E-state index in [9.17, 15) is 4.79 Å². The molecule has 4 heteroatoms. The van der Waals surface area contributed by atoms with Gasteiger partial charge >= 0.3 is 0 Å². The highest BCUT2D eigenvalue weighted by Crippen LogP contribution is 2.09. The largest absolute Gasteiger partial charge is 0.340 e. The van der Waals surface area contributed by atoms with Gasteiger partial charge in [0.05, 0.1) is 6.54 Å². The zero-order chi connectivity index (χ0) is 12.3. The van der Waals surface area contributed by atoms with E-state index in [0.29, 0.717) is 6.54 Å². The lowest BCUT2D eigenvalue weighted by molar-refractivity contribution is -0.131. The average Bonchev–Trinajstić information content (AvgIpc) is 2.35. The van der Waals surface area contributed by atoms with E-state index in [4.69, 9.17) is 0 Å². The van der Waals surface area contributed by atoms with Crippen LogP contribution in [0.4, 0.5) is 0 Å². The van der Waals surface area contributed by atoms with E-state index in [2.05, 4.69) is 12.2 Å². The summed E-state index contributed by atoms with van der Waals surface area (Å²) in [5.74, 6) is 0.277. The lowest BCUT2D eigenvalue weighted by Gasteiger charge is -2.27. The zero-order valence-corrected chi connectivity index (χ0v) is 12.6. The van der Waals surface area contributed by atoms with Crippen LogP contribution in [-0.4, -0.2) is 37.0 Å². The molecule has 1 rings (SSSR count). The van der Waals surface area contributed by atoms with E-state index in [1.165, 1.54) is 51.4 Å². The Morgan fingerprint density at radius 2 is 1.67 bits per heavy atom. The van der Waals surface area contributed by atoms with Crippen LogP contribution in [0.1, 0.15) is 58.3 Å². The molecule has 1 aliphatic rings. The fourth-order valence-corrected chi connectivity index (χ4v) is 2.32. The SMILES string of the molecule is CCCCCCCCCCN1CCNCC1=O.Cl. The summed E-state index contributed by atoms with van der Waals surface area (Å²) in [6, 6.07) is 0. The van der Waals surface area contributed by atoms with E-state index in [1.807, 2.05) is 4.90 Å². The van der Waals surface area contributed by atoms with Gasteiger partial charge in [0.25, 0.3) is 0 Å². The van der Waals surface area contributed by atoms with E-state index >= 15 is 0 Å². The molecule has 1 saturated heterocycles. The van der Waals surface area contributed by atoms with Crippen molar-refractivity contribution in [1.82, 2.24) is 10.2 Å². The van der Waals surface area contributed by atoms with Crippen LogP contribution in [0.25, 0.3) is 0 Å². The Morgan fingerprint density at radius 3 is 2.28 bits per heavy atom. The first kappa shape index (κ1) is 17.7. The third-order valence-corrected chi connectivity index (χ3v) is 3.47. The van der Waals surface area contributed by atoms with Gasteiger partial charge in [-0.3, -0.25) is 4.79 Å². The Balaban J connectivity index is 0.00000289. The first-order valence-corrected chi connectivity index (χ1v) is 7.33. The van der Waals surface area contributed by atoms with Crippen LogP contribution < -0.4 is 5.32 Å². The molecule has 0 aromatic heterocycles. The number of hydrogen-bond donors (Lipinski definition) is 1. The van der Waals surface area contributed by atoms with Crippen molar-refractivity contribution >= 4 is 18.3 Å². The fourth-order valence-electron chi connectivity index (χ4n) is 2.32. The van der Waals surface area contributed by atoms with Gasteiger partial charge < -0.3 is 10.2 Å². The summed E-state index contributed by atoms with van der Waals surface area (Å²) in [5.41, 5.74) is 0. The number of amides is 1. The minimum Gasteiger partial charge on any atom is -0.340 e. The number of carbonyl (C=O) groups excluding carboxylic acids is 1. The second kappa shape index (κ2) is 11.8. The second-order valence-electron chi connectivity index (χ2n) is 5.03. The Bertz CT molecular complexity index is 212. The molecule has 18 heavy (non-hydrogen) atoms. The standard InChI is InChI=1S/C14H28N2O.ClH/c1-2-3-4-5-6-7-8-9-11-16-12-10-15-13-14(16)17;/h15H,2-13H2,1H3;1H. The minimum absolute atomic E-state index is 0. The maximum absolute atomic E-state index is 11.5. The molecular weight excluding hydrogens is 248 g/mol. The highest BCUT2D eigenvalue weighted by molar-refractivity contribution is 5.85. The zero-order valence-electron chi connectivity index (χ0n) is 11.7. The van der Waals surface area contributed by atoms with Crippen molar-refractivity contribution in [2.75, 3.05) is 26.2 Å². The number of nitrogens with one attached hydrogen (secondary N) is 1. The molecule has 1 heterocycles. The number of unbranched alkanes of at least 4 members (excludes halogenated alkanes) is 7. The van der Waals surface area contributed by atoms with E-state index in [0.717, 1.165) is 19.6 Å². The van der Waals surface area contributed by atoms with Gasteiger partial charge in [-0.2, -0.15) is 0 Å². The number of hydrogen-bond acceptors (Lipinski definition) is 2. The minimum atomic E-state index is 0. The van der Waals surface area contributed by atoms with E-state index in [-0.39, 0.29) is 18.3 Å². The molecule has 0 atom stereocenters. The average molecular weight is 277 g/mol. The summed E-state index contributed by atoms with van der Waals surface area (Å²) < 4.78 is 0. The number of piperazine rings is 1. The lowest BCUT2D eigenvalue weighted by Crippen LogP contribution is -2.48. The highest BCUT2D eigenvalue weighted by Gasteiger charge is 2.16. The van der Waals surface area contributed by atoms with Crippen molar-refractivity contribution in [1.29, 1.82) is 0 Å². The molecule has 0 spiro atoms. The first-order valence-electron chi connectivity index (χ1n) is 7.33. The Kier molecular flexibility index (Phi) is 11.6. The number of halogens is 1. The van der Waals surface area contributed by atoms with Crippen LogP contribution in [0, 0.1) is 0 Å². The van der Waals surface area contributed by atoms with Gasteiger partial charge in [0.2, 0.25) is 5.91 Å². The molecule has 108 valence electrons. The van der Waals surface area contributed by atoms with Gasteiger partial charge in [0, 0.05) is 19.6 Å². The normalized spacial score (nSPS) is 15.6. The van der Waals surface area contributed by atoms with Crippen molar-refractivity contribution in [3.05, 3.63) is 0 Å². The summed E-state index contributed by atoms with van der Waals surface area (Å²) in [6.45, 7) is 5.62. The molecule has 3 nitrogen and oxygen atoms in total. The van der Waals surface area contributed by atoms with Crippen LogP contribution in [0.2, 0.25) is 0 Å². The maximum atomic E-state index is 11.5. The fraction of sp³-hybridized carbons (Fsp3) is 0.929. The summed E-state index contributed by atoms with van der Waals surface area (Å²) in [5, 5.41) is 3.10. The quantitative estimate of drug-likeness (QED) is 0.657. The molecule has 1 fully saturated rings. The summed E-state index contributed by atoms with van der Waals surface area (Å²) in [6.07, 6.45) is 10.7. The molecule has 0 unspecified atom stereocenters. The molecule has 0 aliphatic carbocycles. The van der Waals surface area contributed by atoms with Crippen LogP contribution in [0.15, 0.2) is 0 Å². The van der Waals surface area contributed by atoms with Gasteiger partial charge in [-0.15, -0.1) is 12.4 Å². The molecule has 1 amide bonds. The van der Waals surface area contributed by atoms with E-state index < -0.39 is 0 Å². The molecule has 0 saturated carbocycles. The summed E-state index contributed by atoms with van der Waals surface area (Å²) >= 11 is 0. The Hall–Kier alpha value is -0.280. The molecule has 1 N–H and O–H groups in total. The third-order valence-electron chi connectivity index (χ3n) is 3.47. The van der Waals surface area contributed by atoms with Crippen LogP contribution in [0.5, 0.6) is 0 Å². The molecular formula is C14H29ClN2O. The third kappa shape index (κ3) is 7.93. The first-order chi connectivity index (χ1) is 8.34. The van der Waals surface area contributed by atoms with E-state index in [1.54, 1.807) is 0 Å². The van der Waals surface area contributed by atoms with Crippen molar-refractivity contribution < 1.29 is 4.79 Å². The number of nitrogens with zero attached hydrogens (tertiary/aromatic N) is 1. The number of carbonyl (C=O) groups is 1. The van der Waals surface area contributed by atoms with Gasteiger partial charge in [-0.1, -0.05) is 51.9 Å². The summed E-state index contributed by atoms with van der Waals surface area (Å²) in [7, 11) is 0. The topological polar surface area (TPSA) is 32.3 Å². The molecule has 0 bridgehead atoms. The maximum Gasteiger partial charge on any atom is 0.236 e. The Morgan fingerprint density at radius 1 is 1.06 bits per heavy atom. The molecule has 0 aromatic rings. The van der Waals surface area contributed by atoms with Crippen molar-refractivity contribution in [3.63, 3.8) is 0 Å². The lowest BCUT2D eigenvalue weighted by atomic mass is 10.1. The predicted octanol–water partition coefficient (Wildman–Crippen LogP) is 2.98. The van der Waals surface area contributed by atoms with Crippen molar-refractivity contribution in [2.45, 2.75) is 58.3 Å². The molecule has 0 aromatic carbocycles. The molecule has 0 radical (unpaired) electrons. The second-order valence-corrected chi connectivity index (χ2v) is 5.03. The smallest absolute Gasteiger partial charge is 0.236 e. The van der Waals surface area contributed by atoms with Gasteiger partial charge in [0.15, 0.2) is 0 Å². The van der Waals surface area contributed by atoms with Crippen molar-refractivity contribution in [3.8, 4) is 0 Å². The van der Waals surface area contributed by atoms with Gasteiger partial charge in [0.1, 0.15) is 0 Å². The van der Waals surface area contributed by atoms with Gasteiger partial charge in [-0.25, -0.2) is 0 Å². The van der Waals surface area contributed by atoms with Crippen LogP contribution in [-0.2, 0) is 4.79 Å². The van der Waals surface area contributed by atoms with Gasteiger partial charge in [-0.05, 0) is 6.42 Å². The number of rotatable bonds is 9. The van der Waals surface area contributed by atoms with Crippen molar-refractivity contribution in [2.24, 2.45) is 0 Å². The Labute approximate surface area is 118 Å². The van der Waals surface area contributed by atoms with Crippen LogP contribution >= 0.6 is 12.4 Å². The highest BCUT2D eigenvalue weighted by atomic mass is 35.5. The monoisotopic (exact) mass is 276 g/mol. The predicted molar refractivity (Wildman–Crippen MR) is 79.3 cm³/mol. The molecule has 1 aliphatic heterocycles.